The van der Waals surface area contributed by atoms with E-state index in [2.05, 4.69) is 58.8 Å². The average molecular weight is 380 g/mol. The summed E-state index contributed by atoms with van der Waals surface area (Å²) in [5.41, 5.74) is 4.45. The van der Waals surface area contributed by atoms with Gasteiger partial charge in [0.1, 0.15) is 12.4 Å². The highest BCUT2D eigenvalue weighted by atomic mass is 16.5. The van der Waals surface area contributed by atoms with Crippen molar-refractivity contribution in [3.8, 4) is 5.75 Å². The van der Waals surface area contributed by atoms with Crippen LogP contribution in [-0.4, -0.2) is 11.9 Å². The Kier molecular flexibility index (Phi) is 5.96. The van der Waals surface area contributed by atoms with Crippen LogP contribution in [0, 0.1) is 5.92 Å². The number of benzene rings is 3. The SMILES string of the molecule is CC1=NN=CC(C=Cc2ccccc2)C1c1ccccc1OCc1ccccc1. The molecule has 1 aliphatic rings. The first-order valence-electron chi connectivity index (χ1n) is 9.88. The van der Waals surface area contributed by atoms with Crippen molar-refractivity contribution in [3.63, 3.8) is 0 Å². The first kappa shape index (κ1) is 18.9. The summed E-state index contributed by atoms with van der Waals surface area (Å²) in [7, 11) is 0. The van der Waals surface area contributed by atoms with Gasteiger partial charge in [0.25, 0.3) is 0 Å². The molecule has 0 saturated carbocycles. The van der Waals surface area contributed by atoms with Crippen molar-refractivity contribution in [2.45, 2.75) is 19.4 Å². The van der Waals surface area contributed by atoms with Crippen molar-refractivity contribution in [1.82, 2.24) is 0 Å². The van der Waals surface area contributed by atoms with Crippen LogP contribution in [0.4, 0.5) is 0 Å². The fourth-order valence-corrected chi connectivity index (χ4v) is 3.61. The highest BCUT2D eigenvalue weighted by Gasteiger charge is 2.28. The Balaban J connectivity index is 1.60. The van der Waals surface area contributed by atoms with Crippen LogP contribution < -0.4 is 4.74 Å². The van der Waals surface area contributed by atoms with Gasteiger partial charge in [-0.3, -0.25) is 0 Å². The molecule has 2 unspecified atom stereocenters. The van der Waals surface area contributed by atoms with Gasteiger partial charge in [-0.15, -0.1) is 0 Å². The highest BCUT2D eigenvalue weighted by molar-refractivity contribution is 5.95. The summed E-state index contributed by atoms with van der Waals surface area (Å²) in [5, 5.41) is 8.57. The van der Waals surface area contributed by atoms with Crippen molar-refractivity contribution >= 4 is 18.0 Å². The molecule has 4 rings (SSSR count). The van der Waals surface area contributed by atoms with E-state index in [0.29, 0.717) is 6.61 Å². The Morgan fingerprint density at radius 3 is 2.34 bits per heavy atom. The molecule has 0 bridgehead atoms. The minimum absolute atomic E-state index is 0.0967. The molecule has 3 aromatic carbocycles. The molecule has 2 atom stereocenters. The van der Waals surface area contributed by atoms with Gasteiger partial charge in [0.05, 0.1) is 0 Å². The minimum atomic E-state index is 0.0967. The Labute approximate surface area is 172 Å². The number of allylic oxidation sites excluding steroid dienone is 1. The van der Waals surface area contributed by atoms with Crippen molar-refractivity contribution in [1.29, 1.82) is 0 Å². The van der Waals surface area contributed by atoms with Crippen molar-refractivity contribution in [2.24, 2.45) is 16.1 Å². The second kappa shape index (κ2) is 9.16. The molecule has 0 N–H and O–H groups in total. The zero-order chi connectivity index (χ0) is 19.9. The molecule has 3 aromatic rings. The van der Waals surface area contributed by atoms with E-state index in [1.165, 1.54) is 5.56 Å². The van der Waals surface area contributed by atoms with E-state index >= 15 is 0 Å². The lowest BCUT2D eigenvalue weighted by Crippen LogP contribution is -2.23. The largest absolute Gasteiger partial charge is 0.489 e. The Morgan fingerprint density at radius 1 is 0.862 bits per heavy atom. The quantitative estimate of drug-likeness (QED) is 0.506. The fourth-order valence-electron chi connectivity index (χ4n) is 3.61. The maximum atomic E-state index is 6.21. The number of para-hydroxylation sites is 1. The Morgan fingerprint density at radius 2 is 1.55 bits per heavy atom. The van der Waals surface area contributed by atoms with E-state index in [1.54, 1.807) is 0 Å². The fraction of sp³-hybridized carbons (Fsp3) is 0.154. The normalized spacial score (nSPS) is 18.6. The lowest BCUT2D eigenvalue weighted by Gasteiger charge is -2.26. The van der Waals surface area contributed by atoms with E-state index in [4.69, 9.17) is 4.74 Å². The van der Waals surface area contributed by atoms with Gasteiger partial charge in [-0.25, -0.2) is 0 Å². The van der Waals surface area contributed by atoms with Crippen LogP contribution in [0.3, 0.4) is 0 Å². The molecule has 0 amide bonds. The van der Waals surface area contributed by atoms with Crippen LogP contribution in [0.1, 0.15) is 29.5 Å². The molecule has 3 heteroatoms. The van der Waals surface area contributed by atoms with Gasteiger partial charge < -0.3 is 4.74 Å². The average Bonchev–Trinajstić information content (AvgIpc) is 2.78. The van der Waals surface area contributed by atoms with Crippen molar-refractivity contribution in [3.05, 3.63) is 108 Å². The van der Waals surface area contributed by atoms with Gasteiger partial charge >= 0.3 is 0 Å². The lowest BCUT2D eigenvalue weighted by atomic mass is 9.82. The molecular formula is C26H24N2O. The summed E-state index contributed by atoms with van der Waals surface area (Å²) in [6.45, 7) is 2.58. The molecule has 1 aliphatic heterocycles. The number of hydrogen-bond acceptors (Lipinski definition) is 3. The molecule has 0 aromatic heterocycles. The number of nitrogens with zero attached hydrogens (tertiary/aromatic N) is 2. The monoisotopic (exact) mass is 380 g/mol. The van der Waals surface area contributed by atoms with E-state index < -0.39 is 0 Å². The second-order valence-electron chi connectivity index (χ2n) is 7.14. The van der Waals surface area contributed by atoms with E-state index in [1.807, 2.05) is 61.7 Å². The van der Waals surface area contributed by atoms with E-state index in [9.17, 15) is 0 Å². The molecular weight excluding hydrogens is 356 g/mol. The molecule has 0 radical (unpaired) electrons. The lowest BCUT2D eigenvalue weighted by molar-refractivity contribution is 0.302. The molecule has 0 spiro atoms. The predicted octanol–water partition coefficient (Wildman–Crippen LogP) is 6.14. The van der Waals surface area contributed by atoms with Crippen LogP contribution in [0.15, 0.2) is 101 Å². The summed E-state index contributed by atoms with van der Waals surface area (Å²) in [5.74, 6) is 1.11. The van der Waals surface area contributed by atoms with Gasteiger partial charge in [-0.05, 0) is 24.1 Å². The third-order valence-corrected chi connectivity index (χ3v) is 5.09. The topological polar surface area (TPSA) is 34.0 Å². The van der Waals surface area contributed by atoms with Gasteiger partial charge in [-0.2, -0.15) is 10.2 Å². The van der Waals surface area contributed by atoms with Crippen molar-refractivity contribution in [2.75, 3.05) is 0 Å². The zero-order valence-corrected chi connectivity index (χ0v) is 16.5. The van der Waals surface area contributed by atoms with Gasteiger partial charge in [0, 0.05) is 29.3 Å². The summed E-state index contributed by atoms with van der Waals surface area (Å²) >= 11 is 0. The maximum Gasteiger partial charge on any atom is 0.123 e. The van der Waals surface area contributed by atoms with Gasteiger partial charge in [-0.1, -0.05) is 91.0 Å². The third-order valence-electron chi connectivity index (χ3n) is 5.09. The van der Waals surface area contributed by atoms with Gasteiger partial charge in [0.2, 0.25) is 0 Å². The number of hydrogen-bond donors (Lipinski definition) is 0. The zero-order valence-electron chi connectivity index (χ0n) is 16.5. The van der Waals surface area contributed by atoms with Crippen molar-refractivity contribution < 1.29 is 4.74 Å². The second-order valence-corrected chi connectivity index (χ2v) is 7.14. The Hall–Kier alpha value is -3.46. The van der Waals surface area contributed by atoms with Crippen LogP contribution >= 0.6 is 0 Å². The highest BCUT2D eigenvalue weighted by Crippen LogP contribution is 2.35. The summed E-state index contributed by atoms with van der Waals surface area (Å²) in [6.07, 6.45) is 6.27. The maximum absolute atomic E-state index is 6.21. The number of rotatable bonds is 6. The first-order valence-corrected chi connectivity index (χ1v) is 9.88. The molecule has 1 heterocycles. The van der Waals surface area contributed by atoms with Crippen LogP contribution in [0.25, 0.3) is 6.08 Å². The van der Waals surface area contributed by atoms with E-state index in [-0.39, 0.29) is 11.8 Å². The van der Waals surface area contributed by atoms with E-state index in [0.717, 1.165) is 22.6 Å². The summed E-state index contributed by atoms with van der Waals surface area (Å²) < 4.78 is 6.21. The van der Waals surface area contributed by atoms with Crippen LogP contribution in [0.2, 0.25) is 0 Å². The van der Waals surface area contributed by atoms with Crippen LogP contribution in [-0.2, 0) is 6.61 Å². The molecule has 3 nitrogen and oxygen atoms in total. The Bertz CT molecular complexity index is 1020. The standard InChI is InChI=1S/C26H24N2O/c1-20-26(23(18-27-28-20)17-16-21-10-4-2-5-11-21)24-14-8-9-15-25(24)29-19-22-12-6-3-7-13-22/h2-18,23,26H,19H2,1H3. The minimum Gasteiger partial charge on any atom is -0.489 e. The third kappa shape index (κ3) is 4.69. The molecule has 0 saturated heterocycles. The molecule has 0 aliphatic carbocycles. The summed E-state index contributed by atoms with van der Waals surface area (Å²) in [6, 6.07) is 28.8. The van der Waals surface area contributed by atoms with Crippen LogP contribution in [0.5, 0.6) is 5.75 Å². The predicted molar refractivity (Wildman–Crippen MR) is 121 cm³/mol. The molecule has 29 heavy (non-hydrogen) atoms. The molecule has 144 valence electrons. The number of ether oxygens (including phenoxy) is 1. The summed E-state index contributed by atoms with van der Waals surface area (Å²) in [4.78, 5) is 0. The smallest absolute Gasteiger partial charge is 0.123 e. The molecule has 0 fully saturated rings. The first-order chi connectivity index (χ1) is 14.3. The van der Waals surface area contributed by atoms with Gasteiger partial charge in [0.15, 0.2) is 0 Å².